The van der Waals surface area contributed by atoms with Gasteiger partial charge < -0.3 is 15.0 Å². The van der Waals surface area contributed by atoms with Crippen molar-refractivity contribution in [3.63, 3.8) is 0 Å². The van der Waals surface area contributed by atoms with Crippen LogP contribution in [0.25, 0.3) is 0 Å². The maximum Gasteiger partial charge on any atom is 0.500 e. The zero-order valence-electron chi connectivity index (χ0n) is 15.8. The maximum absolute atomic E-state index is 13.1. The predicted molar refractivity (Wildman–Crippen MR) is 98.3 cm³/mol. The lowest BCUT2D eigenvalue weighted by atomic mass is 10.1. The summed E-state index contributed by atoms with van der Waals surface area (Å²) in [6, 6.07) is -1.45. The summed E-state index contributed by atoms with van der Waals surface area (Å²) in [5.74, 6) is -2.57. The van der Waals surface area contributed by atoms with Crippen LogP contribution in [0.15, 0.2) is 11.0 Å². The summed E-state index contributed by atoms with van der Waals surface area (Å²) in [6.45, 7) is 2.34. The van der Waals surface area contributed by atoms with Gasteiger partial charge in [-0.1, -0.05) is 0 Å². The molecule has 2 unspecified atom stereocenters. The zero-order valence-corrected chi connectivity index (χ0v) is 16.6. The monoisotopic (exact) mass is 409 g/mol. The second-order valence-corrected chi connectivity index (χ2v) is 7.56. The van der Waals surface area contributed by atoms with Crippen LogP contribution >= 0.6 is 11.8 Å². The Balaban J connectivity index is 1.84. The number of rotatable bonds is 4. The second-order valence-electron chi connectivity index (χ2n) is 6.50. The molecule has 0 aromatic heterocycles. The van der Waals surface area contributed by atoms with Gasteiger partial charge in [0, 0.05) is 13.1 Å². The minimum atomic E-state index is -0.979. The lowest BCUT2D eigenvalue weighted by molar-refractivity contribution is -0.403. The lowest BCUT2D eigenvalue weighted by Gasteiger charge is -2.34. The summed E-state index contributed by atoms with van der Waals surface area (Å²) in [6.07, 6.45) is 1.27. The summed E-state index contributed by atoms with van der Waals surface area (Å²) in [5.41, 5.74) is 0. The minimum Gasteiger partial charge on any atom is -0.466 e. The highest BCUT2D eigenvalue weighted by Gasteiger charge is 2.49. The first-order chi connectivity index (χ1) is 13.3. The van der Waals surface area contributed by atoms with Gasteiger partial charge in [-0.15, -0.1) is 0 Å². The molecule has 2 atom stereocenters. The van der Waals surface area contributed by atoms with Gasteiger partial charge in [0.05, 0.1) is 32.0 Å². The molecule has 3 aliphatic rings. The number of nitrogens with zero attached hydrogens (tertiary/aromatic N) is 3. The Kier molecular flexibility index (Phi) is 5.54. The second kappa shape index (κ2) is 7.74. The van der Waals surface area contributed by atoms with E-state index in [-0.39, 0.29) is 31.0 Å². The Morgan fingerprint density at radius 3 is 2.75 bits per heavy atom. The third-order valence-corrected chi connectivity index (χ3v) is 6.04. The van der Waals surface area contributed by atoms with E-state index in [1.54, 1.807) is 14.0 Å². The van der Waals surface area contributed by atoms with Gasteiger partial charge in [0.15, 0.2) is 5.04 Å². The molecule has 3 rings (SSSR count). The highest BCUT2D eigenvalue weighted by molar-refractivity contribution is 8.18. The number of amides is 5. The fourth-order valence-corrected chi connectivity index (χ4v) is 4.45. The molecule has 0 bridgehead atoms. The first-order valence-electron chi connectivity index (χ1n) is 8.82. The number of fused-ring (bicyclic) bond motifs is 1. The van der Waals surface area contributed by atoms with Crippen molar-refractivity contribution in [2.24, 2.45) is 5.92 Å². The molecular formula is C17H21N4O6S+. The van der Waals surface area contributed by atoms with Gasteiger partial charge in [0.1, 0.15) is 12.0 Å². The van der Waals surface area contributed by atoms with E-state index >= 15 is 0 Å². The summed E-state index contributed by atoms with van der Waals surface area (Å²) in [4.78, 5) is 64.3. The largest absolute Gasteiger partial charge is 0.500 e. The number of nitrogens with one attached hydrogen (secondary N) is 1. The summed E-state index contributed by atoms with van der Waals surface area (Å²) in [7, 11) is 2.93. The molecule has 1 saturated heterocycles. The van der Waals surface area contributed by atoms with Gasteiger partial charge >= 0.3 is 17.9 Å². The van der Waals surface area contributed by atoms with E-state index in [4.69, 9.17) is 4.74 Å². The molecule has 0 aliphatic carbocycles. The number of urea groups is 1. The number of carbonyl (C=O) groups is 5. The number of hydrogen-bond acceptors (Lipinski definition) is 7. The molecule has 5 amide bonds. The quantitative estimate of drug-likeness (QED) is 0.475. The Bertz CT molecular complexity index is 836. The molecule has 0 aromatic carbocycles. The Morgan fingerprint density at radius 1 is 1.36 bits per heavy atom. The molecule has 10 nitrogen and oxygen atoms in total. The summed E-state index contributed by atoms with van der Waals surface area (Å²) < 4.78 is 6.24. The van der Waals surface area contributed by atoms with Gasteiger partial charge in [-0.2, -0.15) is 14.3 Å². The van der Waals surface area contributed by atoms with Crippen LogP contribution in [0.4, 0.5) is 4.79 Å². The summed E-state index contributed by atoms with van der Waals surface area (Å²) >= 11 is 1.04. The first-order valence-corrected chi connectivity index (χ1v) is 9.64. The number of ether oxygens (including phenoxy) is 1. The first kappa shape index (κ1) is 20.1. The molecule has 11 heteroatoms. The molecule has 3 heterocycles. The normalized spacial score (nSPS) is 24.8. The van der Waals surface area contributed by atoms with E-state index in [1.807, 2.05) is 0 Å². The SMILES string of the molecule is CCOC(=O)CC1C(=O)NCCN1C(=O)C1=CC2C(=O)N(C)C(=O)[N+](C)=C2S1. The Morgan fingerprint density at radius 2 is 2.07 bits per heavy atom. The predicted octanol–water partition coefficient (Wildman–Crippen LogP) is -0.854. The van der Waals surface area contributed by atoms with Gasteiger partial charge in [-0.05, 0) is 24.8 Å². The molecular weight excluding hydrogens is 388 g/mol. The Labute approximate surface area is 165 Å². The highest BCUT2D eigenvalue weighted by Crippen LogP contribution is 2.36. The standard InChI is InChI=1S/C17H20N4O6S/c1-4-27-12(22)8-10-13(23)18-5-6-21(10)15(25)11-7-9-14(24)19(2)17(26)20(3)16(9)28-11/h7,9-10H,4-6,8H2,1-3H3/p+1. The van der Waals surface area contributed by atoms with Crippen molar-refractivity contribution >= 4 is 46.5 Å². The number of imide groups is 1. The molecule has 3 aliphatic heterocycles. The zero-order chi connectivity index (χ0) is 20.6. The minimum absolute atomic E-state index is 0.179. The van der Waals surface area contributed by atoms with Crippen LogP contribution in [0.2, 0.25) is 0 Å². The van der Waals surface area contributed by atoms with Crippen LogP contribution < -0.4 is 5.32 Å². The number of hydrogen-bond donors (Lipinski definition) is 1. The molecule has 0 spiro atoms. The van der Waals surface area contributed by atoms with E-state index in [0.717, 1.165) is 16.7 Å². The molecule has 150 valence electrons. The van der Waals surface area contributed by atoms with Crippen LogP contribution in [0.3, 0.4) is 0 Å². The average molecular weight is 409 g/mol. The van der Waals surface area contributed by atoms with Crippen molar-refractivity contribution in [2.75, 3.05) is 33.8 Å². The number of piperazine rings is 1. The van der Waals surface area contributed by atoms with Crippen LogP contribution in [0.1, 0.15) is 13.3 Å². The molecule has 1 N–H and O–H groups in total. The fraction of sp³-hybridized carbons (Fsp3) is 0.529. The maximum atomic E-state index is 13.1. The van der Waals surface area contributed by atoms with Crippen LogP contribution in [0, 0.1) is 5.92 Å². The summed E-state index contributed by atoms with van der Waals surface area (Å²) in [5, 5.41) is 3.10. The van der Waals surface area contributed by atoms with Crippen LogP contribution in [-0.2, 0) is 23.9 Å². The van der Waals surface area contributed by atoms with Gasteiger partial charge in [-0.25, -0.2) is 4.79 Å². The van der Waals surface area contributed by atoms with Gasteiger partial charge in [0.2, 0.25) is 5.91 Å². The van der Waals surface area contributed by atoms with Crippen molar-refractivity contribution in [3.8, 4) is 0 Å². The molecule has 1 fully saturated rings. The van der Waals surface area contributed by atoms with Gasteiger partial charge in [-0.3, -0.25) is 14.4 Å². The molecule has 0 aromatic rings. The molecule has 28 heavy (non-hydrogen) atoms. The third kappa shape index (κ3) is 3.41. The number of carbonyl (C=O) groups excluding carboxylic acids is 5. The Hall–Kier alpha value is -2.69. The molecule has 0 saturated carbocycles. The molecule has 0 radical (unpaired) electrons. The van der Waals surface area contributed by atoms with Crippen molar-refractivity contribution in [3.05, 3.63) is 11.0 Å². The smallest absolute Gasteiger partial charge is 0.466 e. The lowest BCUT2D eigenvalue weighted by Crippen LogP contribution is -2.58. The van der Waals surface area contributed by atoms with Crippen molar-refractivity contribution in [2.45, 2.75) is 19.4 Å². The highest BCUT2D eigenvalue weighted by atomic mass is 32.2. The van der Waals surface area contributed by atoms with Crippen molar-refractivity contribution in [1.29, 1.82) is 0 Å². The topological polar surface area (TPSA) is 116 Å². The van der Waals surface area contributed by atoms with Crippen LogP contribution in [-0.4, -0.2) is 89.0 Å². The average Bonchev–Trinajstić information content (AvgIpc) is 3.11. The van der Waals surface area contributed by atoms with E-state index in [1.165, 1.54) is 22.6 Å². The van der Waals surface area contributed by atoms with Crippen molar-refractivity contribution in [1.82, 2.24) is 15.1 Å². The van der Waals surface area contributed by atoms with E-state index in [9.17, 15) is 24.0 Å². The van der Waals surface area contributed by atoms with E-state index in [0.29, 0.717) is 5.04 Å². The fourth-order valence-electron chi connectivity index (χ4n) is 3.30. The number of thioether (sulfide) groups is 1. The van der Waals surface area contributed by atoms with E-state index in [2.05, 4.69) is 5.32 Å². The third-order valence-electron chi connectivity index (χ3n) is 4.77. The van der Waals surface area contributed by atoms with Gasteiger partial charge in [0.25, 0.3) is 5.91 Å². The van der Waals surface area contributed by atoms with Crippen LogP contribution in [0.5, 0.6) is 0 Å². The number of esters is 1. The van der Waals surface area contributed by atoms with E-state index < -0.39 is 41.7 Å². The van der Waals surface area contributed by atoms with Crippen molar-refractivity contribution < 1.29 is 33.3 Å².